The summed E-state index contributed by atoms with van der Waals surface area (Å²) in [7, 11) is 0. The number of nitrogens with zero attached hydrogens (tertiary/aromatic N) is 6. The number of nitrogens with one attached hydrogen (secondary N) is 1. The highest BCUT2D eigenvalue weighted by atomic mass is 16.2. The van der Waals surface area contributed by atoms with Crippen LogP contribution in [0.15, 0.2) is 30.9 Å². The number of amides is 1. The van der Waals surface area contributed by atoms with Gasteiger partial charge in [0.2, 0.25) is 5.95 Å². The van der Waals surface area contributed by atoms with Gasteiger partial charge in [-0.25, -0.2) is 19.9 Å². The topological polar surface area (TPSA) is 87.1 Å². The van der Waals surface area contributed by atoms with Crippen molar-refractivity contribution in [3.63, 3.8) is 0 Å². The third kappa shape index (κ3) is 4.40. The minimum Gasteiger partial charge on any atom is -0.365 e. The Morgan fingerprint density at radius 1 is 1.04 bits per heavy atom. The van der Waals surface area contributed by atoms with E-state index < -0.39 is 0 Å². The highest BCUT2D eigenvalue weighted by Gasteiger charge is 2.24. The van der Waals surface area contributed by atoms with Gasteiger partial charge in [-0.05, 0) is 26.8 Å². The summed E-state index contributed by atoms with van der Waals surface area (Å²) in [6.45, 7) is 8.76. The fraction of sp³-hybridized carbons (Fsp3) is 0.471. The van der Waals surface area contributed by atoms with E-state index >= 15 is 0 Å². The van der Waals surface area contributed by atoms with Crippen LogP contribution in [0.5, 0.6) is 0 Å². The number of hydrogen-bond donors (Lipinski definition) is 1. The predicted molar refractivity (Wildman–Crippen MR) is 95.6 cm³/mol. The molecule has 0 unspecified atom stereocenters. The van der Waals surface area contributed by atoms with Gasteiger partial charge < -0.3 is 15.1 Å². The highest BCUT2D eigenvalue weighted by Crippen LogP contribution is 2.15. The molecule has 1 saturated heterocycles. The smallest absolute Gasteiger partial charge is 0.272 e. The Morgan fingerprint density at radius 3 is 2.36 bits per heavy atom. The van der Waals surface area contributed by atoms with Crippen LogP contribution in [0.4, 0.5) is 11.8 Å². The number of piperazine rings is 1. The maximum absolute atomic E-state index is 12.7. The summed E-state index contributed by atoms with van der Waals surface area (Å²) in [5.74, 6) is 1.28. The van der Waals surface area contributed by atoms with Crippen LogP contribution in [0.25, 0.3) is 0 Å². The molecule has 3 heterocycles. The fourth-order valence-electron chi connectivity index (χ4n) is 2.65. The molecule has 3 rings (SSSR count). The number of carbonyl (C=O) groups is 1. The molecule has 132 valence electrons. The second-order valence-electron chi connectivity index (χ2n) is 6.99. The first-order valence-corrected chi connectivity index (χ1v) is 8.34. The van der Waals surface area contributed by atoms with E-state index in [4.69, 9.17) is 0 Å². The number of carbonyl (C=O) groups excluding carboxylic acids is 1. The lowest BCUT2D eigenvalue weighted by Crippen LogP contribution is -2.49. The fourth-order valence-corrected chi connectivity index (χ4v) is 2.65. The third-order valence-electron chi connectivity index (χ3n) is 3.79. The molecule has 8 nitrogen and oxygen atoms in total. The number of rotatable bonds is 3. The van der Waals surface area contributed by atoms with Crippen molar-refractivity contribution in [2.24, 2.45) is 0 Å². The molecule has 1 aliphatic rings. The zero-order valence-electron chi connectivity index (χ0n) is 14.8. The van der Waals surface area contributed by atoms with Crippen LogP contribution in [-0.4, -0.2) is 62.5 Å². The Kier molecular flexibility index (Phi) is 4.78. The van der Waals surface area contributed by atoms with Crippen LogP contribution in [-0.2, 0) is 0 Å². The molecule has 1 N–H and O–H groups in total. The molecule has 0 spiro atoms. The SMILES string of the molecule is CC(C)(C)Nc1cc(C(=O)N2CCN(c3ncccn3)CC2)ncn1. The molecule has 0 radical (unpaired) electrons. The zero-order chi connectivity index (χ0) is 17.9. The largest absolute Gasteiger partial charge is 0.365 e. The molecular weight excluding hydrogens is 318 g/mol. The third-order valence-corrected chi connectivity index (χ3v) is 3.79. The maximum atomic E-state index is 12.7. The summed E-state index contributed by atoms with van der Waals surface area (Å²) < 4.78 is 0. The molecule has 0 aromatic carbocycles. The Bertz CT molecular complexity index is 721. The van der Waals surface area contributed by atoms with Gasteiger partial charge in [-0.15, -0.1) is 0 Å². The van der Waals surface area contributed by atoms with E-state index in [0.29, 0.717) is 43.6 Å². The molecule has 2 aromatic rings. The maximum Gasteiger partial charge on any atom is 0.272 e. The lowest BCUT2D eigenvalue weighted by Gasteiger charge is -2.34. The number of aromatic nitrogens is 4. The van der Waals surface area contributed by atoms with Gasteiger partial charge in [-0.3, -0.25) is 4.79 Å². The molecule has 1 fully saturated rings. The quantitative estimate of drug-likeness (QED) is 0.904. The van der Waals surface area contributed by atoms with Gasteiger partial charge in [0, 0.05) is 50.2 Å². The summed E-state index contributed by atoms with van der Waals surface area (Å²) in [6.07, 6.45) is 4.88. The Labute approximate surface area is 147 Å². The first-order valence-electron chi connectivity index (χ1n) is 8.34. The van der Waals surface area contributed by atoms with Crippen molar-refractivity contribution in [1.29, 1.82) is 0 Å². The Balaban J connectivity index is 1.64. The molecule has 8 heteroatoms. The van der Waals surface area contributed by atoms with Crippen molar-refractivity contribution >= 4 is 17.7 Å². The van der Waals surface area contributed by atoms with Crippen LogP contribution in [0.2, 0.25) is 0 Å². The van der Waals surface area contributed by atoms with Crippen molar-refractivity contribution in [2.75, 3.05) is 36.4 Å². The van der Waals surface area contributed by atoms with Gasteiger partial charge in [0.25, 0.3) is 5.91 Å². The Morgan fingerprint density at radius 2 is 1.72 bits per heavy atom. The van der Waals surface area contributed by atoms with Crippen LogP contribution in [0, 0.1) is 0 Å². The average molecular weight is 341 g/mol. The summed E-state index contributed by atoms with van der Waals surface area (Å²) in [5.41, 5.74) is 0.279. The van der Waals surface area contributed by atoms with Gasteiger partial charge in [-0.1, -0.05) is 0 Å². The van der Waals surface area contributed by atoms with E-state index in [1.807, 2.05) is 25.7 Å². The van der Waals surface area contributed by atoms with Crippen LogP contribution in [0.3, 0.4) is 0 Å². The van der Waals surface area contributed by atoms with E-state index in [2.05, 4.69) is 30.2 Å². The van der Waals surface area contributed by atoms with Gasteiger partial charge in [0.05, 0.1) is 0 Å². The minimum absolute atomic E-state index is 0.0759. The first kappa shape index (κ1) is 17.1. The van der Waals surface area contributed by atoms with Crippen molar-refractivity contribution in [1.82, 2.24) is 24.8 Å². The average Bonchev–Trinajstić information content (AvgIpc) is 2.61. The van der Waals surface area contributed by atoms with E-state index in [1.165, 1.54) is 6.33 Å². The zero-order valence-corrected chi connectivity index (χ0v) is 14.8. The molecule has 0 atom stereocenters. The lowest BCUT2D eigenvalue weighted by atomic mass is 10.1. The molecule has 0 bridgehead atoms. The van der Waals surface area contributed by atoms with Crippen molar-refractivity contribution in [2.45, 2.75) is 26.3 Å². The molecule has 1 aliphatic heterocycles. The standard InChI is InChI=1S/C17H23N7O/c1-17(2,3)22-14-11-13(20-12-21-14)15(25)23-7-9-24(10-8-23)16-18-5-4-6-19-16/h4-6,11-12H,7-10H2,1-3H3,(H,20,21,22). The summed E-state index contributed by atoms with van der Waals surface area (Å²) in [6, 6.07) is 3.50. The number of hydrogen-bond acceptors (Lipinski definition) is 7. The molecule has 0 saturated carbocycles. The van der Waals surface area contributed by atoms with E-state index in [-0.39, 0.29) is 11.4 Å². The summed E-state index contributed by atoms with van der Waals surface area (Å²) in [4.78, 5) is 33.5. The van der Waals surface area contributed by atoms with E-state index in [9.17, 15) is 4.79 Å². The van der Waals surface area contributed by atoms with Crippen molar-refractivity contribution in [3.05, 3.63) is 36.5 Å². The lowest BCUT2D eigenvalue weighted by molar-refractivity contribution is 0.0740. The molecule has 2 aromatic heterocycles. The van der Waals surface area contributed by atoms with Crippen LogP contribution in [0.1, 0.15) is 31.3 Å². The monoisotopic (exact) mass is 341 g/mol. The summed E-state index contributed by atoms with van der Waals surface area (Å²) >= 11 is 0. The Hall–Kier alpha value is -2.77. The highest BCUT2D eigenvalue weighted by molar-refractivity contribution is 5.93. The normalized spacial score (nSPS) is 15.2. The van der Waals surface area contributed by atoms with Gasteiger partial charge >= 0.3 is 0 Å². The molecule has 0 aliphatic carbocycles. The predicted octanol–water partition coefficient (Wildman–Crippen LogP) is 1.44. The van der Waals surface area contributed by atoms with E-state index in [0.717, 1.165) is 0 Å². The summed E-state index contributed by atoms with van der Waals surface area (Å²) in [5, 5.41) is 3.26. The first-order chi connectivity index (χ1) is 11.9. The van der Waals surface area contributed by atoms with Gasteiger partial charge in [0.15, 0.2) is 0 Å². The second-order valence-corrected chi connectivity index (χ2v) is 6.99. The van der Waals surface area contributed by atoms with Crippen LogP contribution < -0.4 is 10.2 Å². The molecule has 25 heavy (non-hydrogen) atoms. The minimum atomic E-state index is -0.129. The molecule has 1 amide bonds. The van der Waals surface area contributed by atoms with Gasteiger partial charge in [0.1, 0.15) is 17.8 Å². The van der Waals surface area contributed by atoms with Crippen LogP contribution >= 0.6 is 0 Å². The van der Waals surface area contributed by atoms with E-state index in [1.54, 1.807) is 24.5 Å². The number of anilines is 2. The second kappa shape index (κ2) is 7.00. The van der Waals surface area contributed by atoms with Crippen molar-refractivity contribution < 1.29 is 4.79 Å². The van der Waals surface area contributed by atoms with Gasteiger partial charge in [-0.2, -0.15) is 0 Å². The molecular formula is C17H23N7O. The van der Waals surface area contributed by atoms with Crippen molar-refractivity contribution in [3.8, 4) is 0 Å².